The van der Waals surface area contributed by atoms with E-state index in [1.807, 2.05) is 13.1 Å². The monoisotopic (exact) mass is 278 g/mol. The molecule has 100 valence electrons. The van der Waals surface area contributed by atoms with Crippen LogP contribution in [0.15, 0.2) is 36.5 Å². The van der Waals surface area contributed by atoms with Crippen molar-refractivity contribution in [3.63, 3.8) is 0 Å². The van der Waals surface area contributed by atoms with Gasteiger partial charge in [0.25, 0.3) is 0 Å². The molecule has 0 aliphatic rings. The Hall–Kier alpha value is -1.81. The molecule has 0 amide bonds. The number of carbonyl (C=O) groups is 1. The van der Waals surface area contributed by atoms with Gasteiger partial charge in [0.15, 0.2) is 5.78 Å². The molecule has 0 unspecified atom stereocenters. The molecular formula is C14H15ClN2O2. The maximum Gasteiger partial charge on any atom is 0.170 e. The Balaban J connectivity index is 1.77. The highest BCUT2D eigenvalue weighted by Crippen LogP contribution is 2.17. The molecule has 0 bridgehead atoms. The van der Waals surface area contributed by atoms with E-state index >= 15 is 0 Å². The van der Waals surface area contributed by atoms with Gasteiger partial charge in [-0.1, -0.05) is 17.7 Å². The van der Waals surface area contributed by atoms with Gasteiger partial charge in [0, 0.05) is 30.4 Å². The number of aryl methyl sites for hydroxylation is 2. The summed E-state index contributed by atoms with van der Waals surface area (Å²) in [6.07, 6.45) is 2.84. The van der Waals surface area contributed by atoms with Crippen molar-refractivity contribution in [2.75, 3.05) is 6.61 Å². The molecule has 0 aliphatic heterocycles. The molecule has 0 saturated heterocycles. The summed E-state index contributed by atoms with van der Waals surface area (Å²) in [5.74, 6) is 0.669. The summed E-state index contributed by atoms with van der Waals surface area (Å²) in [7, 11) is 1.86. The third kappa shape index (κ3) is 4.10. The third-order valence-corrected chi connectivity index (χ3v) is 3.01. The highest BCUT2D eigenvalue weighted by Gasteiger charge is 2.06. The third-order valence-electron chi connectivity index (χ3n) is 2.78. The second-order valence-electron chi connectivity index (χ2n) is 4.23. The molecule has 2 rings (SSSR count). The summed E-state index contributed by atoms with van der Waals surface area (Å²) in [5.41, 5.74) is 1.04. The van der Waals surface area contributed by atoms with Crippen LogP contribution in [0.25, 0.3) is 0 Å². The predicted octanol–water partition coefficient (Wildman–Crippen LogP) is 2.65. The van der Waals surface area contributed by atoms with Gasteiger partial charge in [-0.15, -0.1) is 0 Å². The van der Waals surface area contributed by atoms with E-state index in [9.17, 15) is 4.79 Å². The van der Waals surface area contributed by atoms with Crippen LogP contribution >= 0.6 is 11.6 Å². The average Bonchev–Trinajstić information content (AvgIpc) is 2.80. The Morgan fingerprint density at radius 3 is 2.95 bits per heavy atom. The van der Waals surface area contributed by atoms with Gasteiger partial charge in [-0.3, -0.25) is 9.48 Å². The van der Waals surface area contributed by atoms with Crippen LogP contribution in [0.1, 0.15) is 12.1 Å². The molecule has 0 radical (unpaired) electrons. The van der Waals surface area contributed by atoms with Gasteiger partial charge in [-0.25, -0.2) is 0 Å². The van der Waals surface area contributed by atoms with Gasteiger partial charge in [-0.05, 0) is 30.7 Å². The van der Waals surface area contributed by atoms with Crippen molar-refractivity contribution >= 4 is 17.4 Å². The Morgan fingerprint density at radius 2 is 2.26 bits per heavy atom. The van der Waals surface area contributed by atoms with Crippen LogP contribution in [0, 0.1) is 0 Å². The molecular weight excluding hydrogens is 264 g/mol. The lowest BCUT2D eigenvalue weighted by Gasteiger charge is -2.06. The van der Waals surface area contributed by atoms with E-state index in [2.05, 4.69) is 5.10 Å². The van der Waals surface area contributed by atoms with Gasteiger partial charge in [0.1, 0.15) is 12.4 Å². The number of aromatic nitrogens is 2. The minimum absolute atomic E-state index is 0.0566. The molecule has 2 aromatic rings. The number of hydrogen-bond acceptors (Lipinski definition) is 3. The summed E-state index contributed by atoms with van der Waals surface area (Å²) in [6.45, 7) is 0.0677. The van der Waals surface area contributed by atoms with E-state index in [0.717, 1.165) is 5.69 Å². The summed E-state index contributed by atoms with van der Waals surface area (Å²) < 4.78 is 7.16. The number of carbonyl (C=O) groups excluding carboxylic acids is 1. The second-order valence-corrected chi connectivity index (χ2v) is 4.67. The second kappa shape index (κ2) is 6.38. The molecule has 4 nitrogen and oxygen atoms in total. The van der Waals surface area contributed by atoms with Crippen molar-refractivity contribution in [3.05, 3.63) is 47.2 Å². The van der Waals surface area contributed by atoms with Gasteiger partial charge >= 0.3 is 0 Å². The highest BCUT2D eigenvalue weighted by atomic mass is 35.5. The zero-order valence-corrected chi connectivity index (χ0v) is 11.4. The first-order valence-electron chi connectivity index (χ1n) is 6.02. The number of rotatable bonds is 6. The quantitative estimate of drug-likeness (QED) is 0.816. The standard InChI is InChI=1S/C14H15ClN2O2/c1-17-12(7-8-16-17)5-6-13(18)10-19-14-4-2-3-11(15)9-14/h2-4,7-9H,5-6,10H2,1H3. The fourth-order valence-corrected chi connectivity index (χ4v) is 1.89. The maximum atomic E-state index is 11.7. The molecule has 0 fully saturated rings. The van der Waals surface area contributed by atoms with Crippen molar-refractivity contribution in [3.8, 4) is 5.75 Å². The van der Waals surface area contributed by atoms with Crippen LogP contribution in [-0.4, -0.2) is 22.2 Å². The molecule has 1 heterocycles. The minimum Gasteiger partial charge on any atom is -0.486 e. The van der Waals surface area contributed by atoms with E-state index in [-0.39, 0.29) is 12.4 Å². The number of hydrogen-bond donors (Lipinski definition) is 0. The van der Waals surface area contributed by atoms with E-state index in [0.29, 0.717) is 23.6 Å². The van der Waals surface area contributed by atoms with Gasteiger partial charge in [-0.2, -0.15) is 5.10 Å². The van der Waals surface area contributed by atoms with Crippen LogP contribution in [0.5, 0.6) is 5.75 Å². The lowest BCUT2D eigenvalue weighted by molar-refractivity contribution is -0.121. The Bertz CT molecular complexity index is 566. The van der Waals surface area contributed by atoms with Crippen LogP contribution in [0.4, 0.5) is 0 Å². The number of ether oxygens (including phenoxy) is 1. The van der Waals surface area contributed by atoms with E-state index in [1.165, 1.54) is 0 Å². The van der Waals surface area contributed by atoms with Crippen LogP contribution in [0.3, 0.4) is 0 Å². The van der Waals surface area contributed by atoms with Crippen molar-refractivity contribution in [1.29, 1.82) is 0 Å². The minimum atomic E-state index is 0.0566. The Labute approximate surface area is 116 Å². The summed E-state index contributed by atoms with van der Waals surface area (Å²) in [5, 5.41) is 4.65. The van der Waals surface area contributed by atoms with Crippen molar-refractivity contribution < 1.29 is 9.53 Å². The smallest absolute Gasteiger partial charge is 0.170 e. The SMILES string of the molecule is Cn1nccc1CCC(=O)COc1cccc(Cl)c1. The summed E-state index contributed by atoms with van der Waals surface area (Å²) in [6, 6.07) is 8.93. The lowest BCUT2D eigenvalue weighted by Crippen LogP contribution is -2.13. The van der Waals surface area contributed by atoms with Crippen LogP contribution < -0.4 is 4.74 Å². The topological polar surface area (TPSA) is 44.1 Å². The van der Waals surface area contributed by atoms with Gasteiger partial charge in [0.2, 0.25) is 0 Å². The van der Waals surface area contributed by atoms with Crippen LogP contribution in [-0.2, 0) is 18.3 Å². The Morgan fingerprint density at radius 1 is 1.42 bits per heavy atom. The molecule has 0 spiro atoms. The molecule has 5 heteroatoms. The summed E-state index contributed by atoms with van der Waals surface area (Å²) in [4.78, 5) is 11.7. The Kier molecular flexibility index (Phi) is 4.58. The zero-order chi connectivity index (χ0) is 13.7. The number of benzene rings is 1. The van der Waals surface area contributed by atoms with Crippen molar-refractivity contribution in [2.45, 2.75) is 12.8 Å². The van der Waals surface area contributed by atoms with E-state index in [4.69, 9.17) is 16.3 Å². The number of nitrogens with zero attached hydrogens (tertiary/aromatic N) is 2. The molecule has 0 atom stereocenters. The first kappa shape index (κ1) is 13.6. The molecule has 0 saturated carbocycles. The lowest BCUT2D eigenvalue weighted by atomic mass is 10.2. The van der Waals surface area contributed by atoms with Crippen molar-refractivity contribution in [1.82, 2.24) is 9.78 Å². The summed E-state index contributed by atoms with van der Waals surface area (Å²) >= 11 is 5.83. The first-order chi connectivity index (χ1) is 9.15. The molecule has 0 N–H and O–H groups in total. The molecule has 1 aromatic heterocycles. The molecule has 1 aromatic carbocycles. The molecule has 0 aliphatic carbocycles. The van der Waals surface area contributed by atoms with Gasteiger partial charge in [0.05, 0.1) is 0 Å². The van der Waals surface area contributed by atoms with E-state index < -0.39 is 0 Å². The van der Waals surface area contributed by atoms with E-state index in [1.54, 1.807) is 35.1 Å². The van der Waals surface area contributed by atoms with Crippen LogP contribution in [0.2, 0.25) is 5.02 Å². The highest BCUT2D eigenvalue weighted by molar-refractivity contribution is 6.30. The predicted molar refractivity (Wildman–Crippen MR) is 73.5 cm³/mol. The first-order valence-corrected chi connectivity index (χ1v) is 6.40. The largest absolute Gasteiger partial charge is 0.486 e. The fourth-order valence-electron chi connectivity index (χ4n) is 1.71. The van der Waals surface area contributed by atoms with Crippen molar-refractivity contribution in [2.24, 2.45) is 7.05 Å². The zero-order valence-electron chi connectivity index (χ0n) is 10.7. The number of ketones is 1. The number of Topliss-reactive ketones (excluding diaryl/α,β-unsaturated/α-hetero) is 1. The fraction of sp³-hybridized carbons (Fsp3) is 0.286. The molecule has 19 heavy (non-hydrogen) atoms. The maximum absolute atomic E-state index is 11.7. The van der Waals surface area contributed by atoms with Gasteiger partial charge < -0.3 is 4.74 Å². The number of halogens is 1. The average molecular weight is 279 g/mol. The normalized spacial score (nSPS) is 10.4.